The number of anilines is 1. The standard InChI is InChI=1S/C16H16N2O5S/c1-9-13(24-8-17-9)7-14(19)18-12-6-10(15(20)22-2)4-5-11(12)16(21)23-3/h4-6,8H,7H2,1-3H3,(H,18,19). The lowest BCUT2D eigenvalue weighted by molar-refractivity contribution is -0.115. The molecule has 1 N–H and O–H groups in total. The van der Waals surface area contributed by atoms with Crippen LogP contribution < -0.4 is 5.32 Å². The first-order valence-electron chi connectivity index (χ1n) is 6.95. The quantitative estimate of drug-likeness (QED) is 0.833. The zero-order valence-electron chi connectivity index (χ0n) is 13.4. The number of esters is 2. The summed E-state index contributed by atoms with van der Waals surface area (Å²) in [6, 6.07) is 4.22. The summed E-state index contributed by atoms with van der Waals surface area (Å²) in [5.74, 6) is -1.51. The molecule has 7 nitrogen and oxygen atoms in total. The lowest BCUT2D eigenvalue weighted by Gasteiger charge is -2.11. The monoisotopic (exact) mass is 348 g/mol. The van der Waals surface area contributed by atoms with Crippen molar-refractivity contribution >= 4 is 34.9 Å². The number of hydrogen-bond donors (Lipinski definition) is 1. The van der Waals surface area contributed by atoms with E-state index in [-0.39, 0.29) is 29.1 Å². The Hall–Kier alpha value is -2.74. The molecule has 0 bridgehead atoms. The number of rotatable bonds is 5. The summed E-state index contributed by atoms with van der Waals surface area (Å²) in [4.78, 5) is 40.6. The van der Waals surface area contributed by atoms with E-state index in [2.05, 4.69) is 15.0 Å². The molecule has 0 spiro atoms. The number of carbonyl (C=O) groups excluding carboxylic acids is 3. The van der Waals surface area contributed by atoms with Gasteiger partial charge in [0.2, 0.25) is 5.91 Å². The van der Waals surface area contributed by atoms with Gasteiger partial charge in [-0.1, -0.05) is 0 Å². The molecule has 0 unspecified atom stereocenters. The van der Waals surface area contributed by atoms with Crippen molar-refractivity contribution in [1.82, 2.24) is 4.98 Å². The van der Waals surface area contributed by atoms with Crippen molar-refractivity contribution in [2.45, 2.75) is 13.3 Å². The van der Waals surface area contributed by atoms with Crippen molar-refractivity contribution in [3.8, 4) is 0 Å². The molecule has 0 aliphatic heterocycles. The van der Waals surface area contributed by atoms with E-state index in [9.17, 15) is 14.4 Å². The molecule has 8 heteroatoms. The summed E-state index contributed by atoms with van der Waals surface area (Å²) in [6.07, 6.45) is 0.125. The number of carbonyl (C=O) groups is 3. The lowest BCUT2D eigenvalue weighted by Crippen LogP contribution is -2.18. The predicted molar refractivity (Wildman–Crippen MR) is 88.3 cm³/mol. The SMILES string of the molecule is COC(=O)c1ccc(C(=O)OC)c(NC(=O)Cc2scnc2C)c1. The van der Waals surface area contributed by atoms with Crippen molar-refractivity contribution in [2.75, 3.05) is 19.5 Å². The Morgan fingerprint density at radius 2 is 1.88 bits per heavy atom. The Morgan fingerprint density at radius 3 is 2.46 bits per heavy atom. The molecule has 1 amide bonds. The minimum atomic E-state index is -0.615. The van der Waals surface area contributed by atoms with E-state index in [1.807, 2.05) is 6.92 Å². The van der Waals surface area contributed by atoms with Gasteiger partial charge in [-0.25, -0.2) is 14.6 Å². The Morgan fingerprint density at radius 1 is 1.17 bits per heavy atom. The molecule has 2 aromatic rings. The van der Waals surface area contributed by atoms with Crippen LogP contribution in [0.15, 0.2) is 23.7 Å². The molecule has 0 saturated heterocycles. The van der Waals surface area contributed by atoms with E-state index in [1.165, 1.54) is 43.8 Å². The molecule has 0 aliphatic rings. The van der Waals surface area contributed by atoms with Gasteiger partial charge in [-0.2, -0.15) is 0 Å². The topological polar surface area (TPSA) is 94.6 Å². The smallest absolute Gasteiger partial charge is 0.339 e. The van der Waals surface area contributed by atoms with Crippen LogP contribution in [0.5, 0.6) is 0 Å². The van der Waals surface area contributed by atoms with Gasteiger partial charge in [0.25, 0.3) is 0 Å². The van der Waals surface area contributed by atoms with E-state index in [4.69, 9.17) is 4.74 Å². The van der Waals surface area contributed by atoms with Gasteiger partial charge in [0, 0.05) is 4.88 Å². The predicted octanol–water partition coefficient (Wildman–Crippen LogP) is 2.21. The summed E-state index contributed by atoms with van der Waals surface area (Å²) in [6.45, 7) is 1.82. The molecule has 0 aliphatic carbocycles. The maximum absolute atomic E-state index is 12.2. The summed E-state index contributed by atoms with van der Waals surface area (Å²) in [5, 5.41) is 2.64. The molecule has 0 atom stereocenters. The average Bonchev–Trinajstić information content (AvgIpc) is 2.98. The van der Waals surface area contributed by atoms with Crippen LogP contribution in [0.3, 0.4) is 0 Å². The molecule has 1 aromatic heterocycles. The first-order chi connectivity index (χ1) is 11.5. The average molecular weight is 348 g/mol. The number of amides is 1. The van der Waals surface area contributed by atoms with Crippen LogP contribution in [0.25, 0.3) is 0 Å². The van der Waals surface area contributed by atoms with Crippen molar-refractivity contribution in [3.05, 3.63) is 45.4 Å². The zero-order chi connectivity index (χ0) is 17.7. The number of benzene rings is 1. The van der Waals surface area contributed by atoms with E-state index in [1.54, 1.807) is 5.51 Å². The Labute approximate surface area is 142 Å². The van der Waals surface area contributed by atoms with E-state index >= 15 is 0 Å². The van der Waals surface area contributed by atoms with Gasteiger partial charge in [-0.05, 0) is 25.1 Å². The highest BCUT2D eigenvalue weighted by Gasteiger charge is 2.18. The molecule has 24 heavy (non-hydrogen) atoms. The normalized spacial score (nSPS) is 10.1. The minimum Gasteiger partial charge on any atom is -0.465 e. The highest BCUT2D eigenvalue weighted by atomic mass is 32.1. The summed E-state index contributed by atoms with van der Waals surface area (Å²) in [5.41, 5.74) is 3.01. The Bertz CT molecular complexity index is 785. The van der Waals surface area contributed by atoms with Gasteiger partial charge in [-0.3, -0.25) is 4.79 Å². The first kappa shape index (κ1) is 17.6. The lowest BCUT2D eigenvalue weighted by atomic mass is 10.1. The second kappa shape index (κ2) is 7.69. The molecule has 1 heterocycles. The van der Waals surface area contributed by atoms with Gasteiger partial charge in [0.15, 0.2) is 0 Å². The highest BCUT2D eigenvalue weighted by Crippen LogP contribution is 2.21. The number of hydrogen-bond acceptors (Lipinski definition) is 7. The van der Waals surface area contributed by atoms with E-state index in [0.717, 1.165) is 10.6 Å². The Balaban J connectivity index is 2.28. The largest absolute Gasteiger partial charge is 0.465 e. The van der Waals surface area contributed by atoms with Crippen LogP contribution in [0.2, 0.25) is 0 Å². The van der Waals surface area contributed by atoms with Gasteiger partial charge >= 0.3 is 11.9 Å². The fraction of sp³-hybridized carbons (Fsp3) is 0.250. The second-order valence-electron chi connectivity index (χ2n) is 4.83. The zero-order valence-corrected chi connectivity index (χ0v) is 14.2. The highest BCUT2D eigenvalue weighted by molar-refractivity contribution is 7.09. The molecule has 0 fully saturated rings. The molecular formula is C16H16N2O5S. The number of methoxy groups -OCH3 is 2. The van der Waals surface area contributed by atoms with Crippen molar-refractivity contribution < 1.29 is 23.9 Å². The number of ether oxygens (including phenoxy) is 2. The van der Waals surface area contributed by atoms with Crippen molar-refractivity contribution in [3.63, 3.8) is 0 Å². The molecule has 1 aromatic carbocycles. The summed E-state index contributed by atoms with van der Waals surface area (Å²) < 4.78 is 9.35. The van der Waals surface area contributed by atoms with Crippen LogP contribution in [0, 0.1) is 6.92 Å². The molecule has 0 radical (unpaired) electrons. The maximum atomic E-state index is 12.2. The van der Waals surface area contributed by atoms with Crippen LogP contribution >= 0.6 is 11.3 Å². The Kier molecular flexibility index (Phi) is 5.64. The van der Waals surface area contributed by atoms with Crippen LogP contribution in [0.4, 0.5) is 5.69 Å². The molecular weight excluding hydrogens is 332 g/mol. The number of thiazole rings is 1. The van der Waals surface area contributed by atoms with Gasteiger partial charge < -0.3 is 14.8 Å². The van der Waals surface area contributed by atoms with Crippen molar-refractivity contribution in [2.24, 2.45) is 0 Å². The second-order valence-corrected chi connectivity index (χ2v) is 5.77. The van der Waals surface area contributed by atoms with Crippen LogP contribution in [-0.2, 0) is 20.7 Å². The number of nitrogens with one attached hydrogen (secondary N) is 1. The summed E-state index contributed by atoms with van der Waals surface area (Å²) in [7, 11) is 2.49. The number of aromatic nitrogens is 1. The number of aryl methyl sites for hydroxylation is 1. The van der Waals surface area contributed by atoms with E-state index in [0.29, 0.717) is 0 Å². The van der Waals surface area contributed by atoms with Gasteiger partial charge in [-0.15, -0.1) is 11.3 Å². The molecule has 126 valence electrons. The van der Waals surface area contributed by atoms with Crippen LogP contribution in [-0.4, -0.2) is 37.0 Å². The van der Waals surface area contributed by atoms with Gasteiger partial charge in [0.05, 0.1) is 48.7 Å². The van der Waals surface area contributed by atoms with Crippen molar-refractivity contribution in [1.29, 1.82) is 0 Å². The fourth-order valence-corrected chi connectivity index (χ4v) is 2.79. The molecule has 0 saturated carbocycles. The maximum Gasteiger partial charge on any atom is 0.339 e. The number of nitrogens with zero attached hydrogens (tertiary/aromatic N) is 1. The first-order valence-corrected chi connectivity index (χ1v) is 7.83. The van der Waals surface area contributed by atoms with E-state index < -0.39 is 11.9 Å². The summed E-state index contributed by atoms with van der Waals surface area (Å²) >= 11 is 1.38. The van der Waals surface area contributed by atoms with Crippen LogP contribution in [0.1, 0.15) is 31.3 Å². The molecule has 2 rings (SSSR count). The van der Waals surface area contributed by atoms with Gasteiger partial charge in [0.1, 0.15) is 0 Å². The fourth-order valence-electron chi connectivity index (χ4n) is 2.02. The third-order valence-corrected chi connectivity index (χ3v) is 4.22. The third-order valence-electron chi connectivity index (χ3n) is 3.29. The third kappa shape index (κ3) is 3.96. The minimum absolute atomic E-state index is 0.125.